The highest BCUT2D eigenvalue weighted by Gasteiger charge is 2.50. The Morgan fingerprint density at radius 1 is 1.35 bits per heavy atom. The van der Waals surface area contributed by atoms with Crippen molar-refractivity contribution in [2.24, 2.45) is 0 Å². The van der Waals surface area contributed by atoms with Gasteiger partial charge in [0, 0.05) is 11.3 Å². The second-order valence-electron chi connectivity index (χ2n) is 7.59. The van der Waals surface area contributed by atoms with E-state index in [9.17, 15) is 9.18 Å². The summed E-state index contributed by atoms with van der Waals surface area (Å²) in [5.74, 6) is -0.333. The summed E-state index contributed by atoms with van der Waals surface area (Å²) in [6.07, 6.45) is 4.57. The fourth-order valence-electron chi connectivity index (χ4n) is 4.26. The zero-order valence-corrected chi connectivity index (χ0v) is 14.7. The number of halogens is 1. The Kier molecular flexibility index (Phi) is 4.06. The Morgan fingerprint density at radius 3 is 2.77 bits per heavy atom. The monoisotopic (exact) mass is 359 g/mol. The van der Waals surface area contributed by atoms with Gasteiger partial charge in [-0.1, -0.05) is 0 Å². The number of carboxylic acid groups (broad SMARTS) is 1. The maximum Gasteiger partial charge on any atom is 0.405 e. The molecule has 5 rings (SSSR count). The van der Waals surface area contributed by atoms with Gasteiger partial charge < -0.3 is 15.2 Å². The number of amides is 1. The number of aryl methyl sites for hydroxylation is 2. The molecule has 1 amide bonds. The van der Waals surface area contributed by atoms with Crippen LogP contribution in [0.3, 0.4) is 0 Å². The minimum Gasteiger partial charge on any atom is -0.465 e. The van der Waals surface area contributed by atoms with Gasteiger partial charge >= 0.3 is 6.09 Å². The van der Waals surface area contributed by atoms with Gasteiger partial charge in [0.05, 0.1) is 35.0 Å². The molecule has 138 valence electrons. The average molecular weight is 359 g/mol. The lowest BCUT2D eigenvalue weighted by Gasteiger charge is -2.53. The molecule has 2 bridgehead atoms. The molecular weight excluding hydrogens is 337 g/mol. The topological polar surface area (TPSA) is 84.3 Å². The first-order chi connectivity index (χ1) is 12.4. The number of nitrogens with one attached hydrogen (secondary N) is 1. The van der Waals surface area contributed by atoms with E-state index >= 15 is 0 Å². The zero-order chi connectivity index (χ0) is 18.4. The highest BCUT2D eigenvalue weighted by Crippen LogP contribution is 2.46. The van der Waals surface area contributed by atoms with Crippen LogP contribution >= 0.6 is 0 Å². The van der Waals surface area contributed by atoms with E-state index in [2.05, 4.69) is 15.3 Å². The summed E-state index contributed by atoms with van der Waals surface area (Å²) in [6.45, 7) is 2.27. The van der Waals surface area contributed by atoms with Gasteiger partial charge in [-0.25, -0.2) is 9.18 Å². The average Bonchev–Trinajstić information content (AvgIpc) is 2.62. The van der Waals surface area contributed by atoms with E-state index < -0.39 is 11.6 Å². The Morgan fingerprint density at radius 2 is 2.12 bits per heavy atom. The minimum absolute atomic E-state index is 0.298. The Labute approximate surface area is 150 Å². The van der Waals surface area contributed by atoms with Gasteiger partial charge in [0.25, 0.3) is 0 Å². The summed E-state index contributed by atoms with van der Waals surface area (Å²) < 4.78 is 20.5. The molecule has 2 aliphatic heterocycles. The van der Waals surface area contributed by atoms with Crippen LogP contribution < -0.4 is 5.32 Å². The van der Waals surface area contributed by atoms with Gasteiger partial charge in [-0.15, -0.1) is 0 Å². The molecule has 0 atom stereocenters. The van der Waals surface area contributed by atoms with Crippen molar-refractivity contribution in [3.05, 3.63) is 35.4 Å². The predicted molar refractivity (Wildman–Crippen MR) is 93.6 cm³/mol. The number of ether oxygens (including phenoxy) is 1. The van der Waals surface area contributed by atoms with E-state index in [0.29, 0.717) is 36.0 Å². The van der Waals surface area contributed by atoms with Crippen molar-refractivity contribution in [3.8, 4) is 0 Å². The van der Waals surface area contributed by atoms with Crippen LogP contribution in [0.25, 0.3) is 11.0 Å². The second-order valence-corrected chi connectivity index (χ2v) is 7.59. The molecule has 4 heterocycles. The molecule has 0 spiro atoms. The molecule has 3 fully saturated rings. The van der Waals surface area contributed by atoms with Crippen LogP contribution in [0.5, 0.6) is 0 Å². The zero-order valence-electron chi connectivity index (χ0n) is 14.7. The molecular formula is C19H22FN3O3. The van der Waals surface area contributed by atoms with E-state index in [4.69, 9.17) is 9.84 Å². The molecule has 2 N–H and O–H groups in total. The molecule has 2 saturated heterocycles. The first-order valence-corrected chi connectivity index (χ1v) is 8.96. The van der Waals surface area contributed by atoms with E-state index in [1.54, 1.807) is 0 Å². The van der Waals surface area contributed by atoms with Crippen molar-refractivity contribution in [2.45, 2.75) is 56.6 Å². The number of hydrogen-bond donors (Lipinski definition) is 2. The number of aromatic nitrogens is 2. The third kappa shape index (κ3) is 3.00. The molecule has 1 saturated carbocycles. The summed E-state index contributed by atoms with van der Waals surface area (Å²) in [4.78, 5) is 19.6. The van der Waals surface area contributed by atoms with Crippen LogP contribution in [0.2, 0.25) is 0 Å². The van der Waals surface area contributed by atoms with Crippen LogP contribution in [0.15, 0.2) is 18.3 Å². The molecule has 3 aliphatic rings. The van der Waals surface area contributed by atoms with E-state index in [1.165, 1.54) is 6.20 Å². The number of nitrogens with zero attached hydrogens (tertiary/aromatic N) is 2. The quantitative estimate of drug-likeness (QED) is 0.874. The normalized spacial score (nSPS) is 27.6. The van der Waals surface area contributed by atoms with Gasteiger partial charge in [-0.05, 0) is 57.6 Å². The van der Waals surface area contributed by atoms with Crippen molar-refractivity contribution < 1.29 is 19.0 Å². The Hall–Kier alpha value is -2.28. The fourth-order valence-corrected chi connectivity index (χ4v) is 4.26. The van der Waals surface area contributed by atoms with E-state index in [-0.39, 0.29) is 11.4 Å². The summed E-state index contributed by atoms with van der Waals surface area (Å²) >= 11 is 0. The first-order valence-electron chi connectivity index (χ1n) is 8.96. The molecule has 0 unspecified atom stereocenters. The van der Waals surface area contributed by atoms with Crippen LogP contribution in [0.1, 0.15) is 43.4 Å². The van der Waals surface area contributed by atoms with Crippen LogP contribution in [0.4, 0.5) is 9.18 Å². The molecule has 0 aromatic carbocycles. The molecule has 0 radical (unpaired) electrons. The lowest BCUT2D eigenvalue weighted by Crippen LogP contribution is -2.62. The van der Waals surface area contributed by atoms with Crippen LogP contribution in [-0.4, -0.2) is 38.9 Å². The SMILES string of the molecule is Cc1ccc2ncc(F)c(CCC34CCC(NC(=O)O)(CC3)CO4)c2n1. The smallest absolute Gasteiger partial charge is 0.405 e. The number of rotatable bonds is 4. The van der Waals surface area contributed by atoms with Crippen molar-refractivity contribution in [2.75, 3.05) is 6.61 Å². The van der Waals surface area contributed by atoms with Crippen LogP contribution in [-0.2, 0) is 11.2 Å². The molecule has 26 heavy (non-hydrogen) atoms. The second kappa shape index (κ2) is 6.16. The van der Waals surface area contributed by atoms with Gasteiger partial charge in [0.2, 0.25) is 0 Å². The van der Waals surface area contributed by atoms with Crippen molar-refractivity contribution in [3.63, 3.8) is 0 Å². The highest BCUT2D eigenvalue weighted by molar-refractivity contribution is 5.77. The predicted octanol–water partition coefficient (Wildman–Crippen LogP) is 3.36. The molecule has 6 nitrogen and oxygen atoms in total. The number of carbonyl (C=O) groups is 1. The fraction of sp³-hybridized carbons (Fsp3) is 0.526. The third-order valence-corrected chi connectivity index (χ3v) is 5.88. The summed E-state index contributed by atoms with van der Waals surface area (Å²) in [7, 11) is 0. The standard InChI is InChI=1S/C19H22FN3O3/c1-12-2-3-15-16(22-12)13(14(20)10-21-15)4-5-19-8-6-18(7-9-19,11-26-19)23-17(24)25/h2-3,10,23H,4-9,11H2,1H3,(H,24,25). The third-order valence-electron chi connectivity index (χ3n) is 5.88. The number of pyridine rings is 2. The van der Waals surface area contributed by atoms with Gasteiger partial charge in [0.15, 0.2) is 0 Å². The Bertz CT molecular complexity index is 841. The van der Waals surface area contributed by atoms with Crippen LogP contribution in [0, 0.1) is 12.7 Å². The Balaban J connectivity index is 1.52. The van der Waals surface area contributed by atoms with E-state index in [0.717, 1.165) is 31.4 Å². The number of hydrogen-bond acceptors (Lipinski definition) is 4. The summed E-state index contributed by atoms with van der Waals surface area (Å²) in [5, 5.41) is 11.7. The summed E-state index contributed by atoms with van der Waals surface area (Å²) in [6, 6.07) is 3.73. The molecule has 7 heteroatoms. The lowest BCUT2D eigenvalue weighted by atomic mass is 9.69. The lowest BCUT2D eigenvalue weighted by molar-refractivity contribution is -0.162. The van der Waals surface area contributed by atoms with Crippen molar-refractivity contribution in [1.82, 2.24) is 15.3 Å². The number of fused-ring (bicyclic) bond motifs is 4. The van der Waals surface area contributed by atoms with Crippen molar-refractivity contribution >= 4 is 17.1 Å². The van der Waals surface area contributed by atoms with Gasteiger partial charge in [-0.2, -0.15) is 0 Å². The molecule has 1 aliphatic carbocycles. The molecule has 2 aromatic rings. The highest BCUT2D eigenvalue weighted by atomic mass is 19.1. The molecule has 2 aromatic heterocycles. The summed E-state index contributed by atoms with van der Waals surface area (Å²) in [5.41, 5.74) is 1.98. The van der Waals surface area contributed by atoms with E-state index in [1.807, 2.05) is 19.1 Å². The maximum atomic E-state index is 14.4. The largest absolute Gasteiger partial charge is 0.465 e. The van der Waals surface area contributed by atoms with Gasteiger partial charge in [0.1, 0.15) is 5.82 Å². The first kappa shape index (κ1) is 17.1. The van der Waals surface area contributed by atoms with Gasteiger partial charge in [-0.3, -0.25) is 9.97 Å². The maximum absolute atomic E-state index is 14.4. The van der Waals surface area contributed by atoms with Crippen molar-refractivity contribution in [1.29, 1.82) is 0 Å². The minimum atomic E-state index is -1.00.